The van der Waals surface area contributed by atoms with Gasteiger partial charge in [-0.1, -0.05) is 42.0 Å². The third-order valence-corrected chi connectivity index (χ3v) is 3.20. The van der Waals surface area contributed by atoms with Crippen LogP contribution >= 0.6 is 0 Å². The van der Waals surface area contributed by atoms with Crippen molar-refractivity contribution >= 4 is 11.8 Å². The highest BCUT2D eigenvalue weighted by Crippen LogP contribution is 2.29. The Morgan fingerprint density at radius 2 is 1.95 bits per heavy atom. The Kier molecular flexibility index (Phi) is 4.04. The van der Waals surface area contributed by atoms with E-state index in [1.54, 1.807) is 0 Å². The van der Waals surface area contributed by atoms with Crippen molar-refractivity contribution in [3.63, 3.8) is 0 Å². The van der Waals surface area contributed by atoms with Gasteiger partial charge >= 0.3 is 0 Å². The second kappa shape index (κ2) is 5.56. The van der Waals surface area contributed by atoms with Crippen LogP contribution in [0.1, 0.15) is 45.2 Å². The molecule has 0 saturated carbocycles. The summed E-state index contributed by atoms with van der Waals surface area (Å²) in [5.74, 6) is 0. The largest absolute Gasteiger partial charge is 0.291 e. The zero-order chi connectivity index (χ0) is 13.9. The number of hydrogen-bond donors (Lipinski definition) is 0. The molecule has 0 saturated heterocycles. The van der Waals surface area contributed by atoms with Gasteiger partial charge in [-0.05, 0) is 50.8 Å². The average molecular weight is 253 g/mol. The lowest BCUT2D eigenvalue weighted by Gasteiger charge is -2.12. The molecular weight excluding hydrogens is 230 g/mol. The first-order valence-electron chi connectivity index (χ1n) is 6.95. The molecule has 1 aliphatic carbocycles. The number of nitrogens with zero attached hydrogens (tertiary/aromatic N) is 1. The molecule has 100 valence electrons. The van der Waals surface area contributed by atoms with Crippen LogP contribution in [0, 0.1) is 0 Å². The van der Waals surface area contributed by atoms with Crippen LogP contribution in [0.5, 0.6) is 0 Å². The van der Waals surface area contributed by atoms with Crippen LogP contribution in [-0.2, 0) is 6.42 Å². The minimum atomic E-state index is 0.0136. The van der Waals surface area contributed by atoms with Crippen molar-refractivity contribution in [1.29, 1.82) is 0 Å². The van der Waals surface area contributed by atoms with Crippen LogP contribution in [-0.4, -0.2) is 11.8 Å². The first-order chi connectivity index (χ1) is 8.96. The second-order valence-electron chi connectivity index (χ2n) is 6.17. The molecule has 0 spiro atoms. The van der Waals surface area contributed by atoms with Crippen LogP contribution in [0.3, 0.4) is 0 Å². The summed E-state index contributed by atoms with van der Waals surface area (Å²) in [6.07, 6.45) is 8.59. The van der Waals surface area contributed by atoms with E-state index in [2.05, 4.69) is 75.3 Å². The summed E-state index contributed by atoms with van der Waals surface area (Å²) < 4.78 is 0. The molecule has 0 amide bonds. The Hall–Kier alpha value is -1.63. The van der Waals surface area contributed by atoms with Gasteiger partial charge in [0.05, 0.1) is 5.54 Å². The minimum absolute atomic E-state index is 0.0136. The normalized spacial score (nSPS) is 15.8. The predicted octanol–water partition coefficient (Wildman–Crippen LogP) is 4.83. The van der Waals surface area contributed by atoms with Crippen molar-refractivity contribution in [3.8, 4) is 0 Å². The van der Waals surface area contributed by atoms with E-state index in [-0.39, 0.29) is 5.54 Å². The van der Waals surface area contributed by atoms with E-state index >= 15 is 0 Å². The zero-order valence-corrected chi connectivity index (χ0v) is 12.4. The lowest BCUT2D eigenvalue weighted by molar-refractivity contribution is 0.585. The summed E-state index contributed by atoms with van der Waals surface area (Å²) in [5.41, 5.74) is 5.55. The fourth-order valence-corrected chi connectivity index (χ4v) is 2.28. The number of rotatable bonds is 3. The maximum atomic E-state index is 4.58. The van der Waals surface area contributed by atoms with Crippen LogP contribution in [0.15, 0.2) is 47.0 Å². The quantitative estimate of drug-likeness (QED) is 0.684. The highest BCUT2D eigenvalue weighted by molar-refractivity contribution is 5.76. The van der Waals surface area contributed by atoms with Gasteiger partial charge in [-0.3, -0.25) is 4.99 Å². The van der Waals surface area contributed by atoms with Crippen molar-refractivity contribution in [2.75, 3.05) is 0 Å². The van der Waals surface area contributed by atoms with Crippen LogP contribution in [0.25, 0.3) is 5.57 Å². The van der Waals surface area contributed by atoms with E-state index in [1.165, 1.54) is 22.3 Å². The highest BCUT2D eigenvalue weighted by Gasteiger charge is 2.10. The first-order valence-corrected chi connectivity index (χ1v) is 6.95. The number of benzene rings is 1. The lowest BCUT2D eigenvalue weighted by Crippen LogP contribution is -2.10. The second-order valence-corrected chi connectivity index (χ2v) is 6.17. The van der Waals surface area contributed by atoms with Gasteiger partial charge in [-0.15, -0.1) is 0 Å². The zero-order valence-electron chi connectivity index (χ0n) is 12.4. The first kappa shape index (κ1) is 13.8. The SMILES string of the molecule is CC1=CCC(c2ccccc2CC=NC(C)(C)C)=C1. The van der Waals surface area contributed by atoms with Gasteiger partial charge in [-0.2, -0.15) is 0 Å². The van der Waals surface area contributed by atoms with E-state index in [0.717, 1.165) is 12.8 Å². The van der Waals surface area contributed by atoms with Crippen molar-refractivity contribution < 1.29 is 0 Å². The molecule has 1 aromatic rings. The molecule has 2 rings (SSSR count). The Labute approximate surface area is 116 Å². The van der Waals surface area contributed by atoms with E-state index in [0.29, 0.717) is 0 Å². The molecule has 0 bridgehead atoms. The van der Waals surface area contributed by atoms with E-state index < -0.39 is 0 Å². The average Bonchev–Trinajstić information content (AvgIpc) is 2.75. The van der Waals surface area contributed by atoms with E-state index in [4.69, 9.17) is 0 Å². The van der Waals surface area contributed by atoms with Crippen LogP contribution in [0.4, 0.5) is 0 Å². The van der Waals surface area contributed by atoms with Crippen molar-refractivity contribution in [2.24, 2.45) is 4.99 Å². The third-order valence-electron chi connectivity index (χ3n) is 3.20. The van der Waals surface area contributed by atoms with Crippen molar-refractivity contribution in [2.45, 2.75) is 46.1 Å². The summed E-state index contributed by atoms with van der Waals surface area (Å²) >= 11 is 0. The molecule has 0 heterocycles. The van der Waals surface area contributed by atoms with Crippen molar-refractivity contribution in [3.05, 3.63) is 53.1 Å². The fourth-order valence-electron chi connectivity index (χ4n) is 2.28. The minimum Gasteiger partial charge on any atom is -0.291 e. The molecule has 1 heteroatoms. The van der Waals surface area contributed by atoms with Gasteiger partial charge in [0.1, 0.15) is 0 Å². The Balaban J connectivity index is 2.18. The standard InChI is InChI=1S/C18H23N/c1-14-9-10-16(13-14)17-8-6-5-7-15(17)11-12-19-18(2,3)4/h5-9,12-13H,10-11H2,1-4H3. The molecule has 0 atom stereocenters. The number of allylic oxidation sites excluding steroid dienone is 4. The smallest absolute Gasteiger partial charge is 0.0520 e. The molecule has 0 aromatic heterocycles. The maximum absolute atomic E-state index is 4.58. The van der Waals surface area contributed by atoms with Gasteiger partial charge in [0.15, 0.2) is 0 Å². The molecule has 1 aromatic carbocycles. The van der Waals surface area contributed by atoms with E-state index in [9.17, 15) is 0 Å². The highest BCUT2D eigenvalue weighted by atomic mass is 14.8. The van der Waals surface area contributed by atoms with E-state index in [1.807, 2.05) is 0 Å². The molecule has 1 aliphatic rings. The van der Waals surface area contributed by atoms with Gasteiger partial charge in [0.2, 0.25) is 0 Å². The van der Waals surface area contributed by atoms with Crippen LogP contribution in [0.2, 0.25) is 0 Å². The number of hydrogen-bond acceptors (Lipinski definition) is 1. The molecule has 0 radical (unpaired) electrons. The summed E-state index contributed by atoms with van der Waals surface area (Å²) in [7, 11) is 0. The van der Waals surface area contributed by atoms with Gasteiger partial charge in [0.25, 0.3) is 0 Å². The van der Waals surface area contributed by atoms with Gasteiger partial charge in [0, 0.05) is 12.6 Å². The molecule has 0 aliphatic heterocycles. The molecule has 1 nitrogen and oxygen atoms in total. The third kappa shape index (κ3) is 3.92. The summed E-state index contributed by atoms with van der Waals surface area (Å²) in [6, 6.07) is 8.66. The molecular formula is C18H23N. The Morgan fingerprint density at radius 1 is 1.21 bits per heavy atom. The van der Waals surface area contributed by atoms with Crippen LogP contribution < -0.4 is 0 Å². The molecule has 0 fully saturated rings. The topological polar surface area (TPSA) is 12.4 Å². The lowest BCUT2D eigenvalue weighted by atomic mass is 9.97. The monoisotopic (exact) mass is 253 g/mol. The van der Waals surface area contributed by atoms with Gasteiger partial charge in [-0.25, -0.2) is 0 Å². The maximum Gasteiger partial charge on any atom is 0.0520 e. The fraction of sp³-hybridized carbons (Fsp3) is 0.389. The summed E-state index contributed by atoms with van der Waals surface area (Å²) in [6.45, 7) is 8.54. The number of aliphatic imine (C=N–C) groups is 1. The molecule has 19 heavy (non-hydrogen) atoms. The Bertz CT molecular complexity index is 539. The summed E-state index contributed by atoms with van der Waals surface area (Å²) in [5, 5.41) is 0. The summed E-state index contributed by atoms with van der Waals surface area (Å²) in [4.78, 5) is 4.58. The predicted molar refractivity (Wildman–Crippen MR) is 84.7 cm³/mol. The molecule has 0 unspecified atom stereocenters. The van der Waals surface area contributed by atoms with Crippen molar-refractivity contribution in [1.82, 2.24) is 0 Å². The van der Waals surface area contributed by atoms with Gasteiger partial charge < -0.3 is 0 Å². The molecule has 0 N–H and O–H groups in total. The Morgan fingerprint density at radius 3 is 2.58 bits per heavy atom.